The van der Waals surface area contributed by atoms with Crippen LogP contribution in [0.2, 0.25) is 0 Å². The van der Waals surface area contributed by atoms with Crippen LogP contribution >= 0.6 is 0 Å². The fourth-order valence-electron chi connectivity index (χ4n) is 3.24. The maximum Gasteiger partial charge on any atom is 0.223 e. The van der Waals surface area contributed by atoms with E-state index in [0.717, 1.165) is 49.7 Å². The van der Waals surface area contributed by atoms with E-state index in [1.807, 2.05) is 35.7 Å². The zero-order valence-corrected chi connectivity index (χ0v) is 14.3. The molecule has 3 heterocycles. The molecule has 2 aromatic heterocycles. The molecular formula is C17H24N6O. The summed E-state index contributed by atoms with van der Waals surface area (Å²) >= 11 is 0. The monoisotopic (exact) mass is 328 g/mol. The van der Waals surface area contributed by atoms with E-state index in [0.29, 0.717) is 6.42 Å². The molecule has 1 aliphatic heterocycles. The van der Waals surface area contributed by atoms with Crippen molar-refractivity contribution < 1.29 is 4.79 Å². The van der Waals surface area contributed by atoms with Crippen molar-refractivity contribution >= 4 is 11.7 Å². The van der Waals surface area contributed by atoms with Gasteiger partial charge in [0.2, 0.25) is 5.91 Å². The van der Waals surface area contributed by atoms with E-state index in [9.17, 15) is 4.79 Å². The summed E-state index contributed by atoms with van der Waals surface area (Å²) in [7, 11) is 1.85. The second-order valence-corrected chi connectivity index (χ2v) is 6.12. The maximum absolute atomic E-state index is 12.6. The minimum atomic E-state index is 0.0690. The molecule has 0 aromatic carbocycles. The van der Waals surface area contributed by atoms with Crippen molar-refractivity contribution in [3.63, 3.8) is 0 Å². The van der Waals surface area contributed by atoms with Crippen LogP contribution in [0.15, 0.2) is 24.8 Å². The lowest BCUT2D eigenvalue weighted by Crippen LogP contribution is -2.31. The normalized spacial score (nSPS) is 17.2. The number of hydrogen-bond acceptors (Lipinski definition) is 5. The molecule has 1 fully saturated rings. The third-order valence-corrected chi connectivity index (χ3v) is 4.39. The number of hydrogen-bond donors (Lipinski definition) is 1. The van der Waals surface area contributed by atoms with Crippen LogP contribution < -0.4 is 5.32 Å². The molecule has 7 heteroatoms. The average Bonchev–Trinajstić information content (AvgIpc) is 3.25. The molecule has 1 saturated heterocycles. The molecular weight excluding hydrogens is 304 g/mol. The molecule has 1 atom stereocenters. The van der Waals surface area contributed by atoms with Crippen molar-refractivity contribution in [2.75, 3.05) is 18.9 Å². The highest BCUT2D eigenvalue weighted by Gasteiger charge is 2.30. The molecule has 1 aliphatic rings. The van der Waals surface area contributed by atoms with Gasteiger partial charge in [-0.15, -0.1) is 0 Å². The predicted octanol–water partition coefficient (Wildman–Crippen LogP) is 2.17. The first-order valence-corrected chi connectivity index (χ1v) is 8.46. The zero-order valence-electron chi connectivity index (χ0n) is 14.3. The highest BCUT2D eigenvalue weighted by molar-refractivity contribution is 5.77. The SMILES string of the molecule is CNc1cc(C2CCCN2C(=O)CCCn2ccnc2)nc(C)n1. The molecule has 1 N–H and O–H groups in total. The first-order chi connectivity index (χ1) is 11.7. The number of rotatable bonds is 6. The van der Waals surface area contributed by atoms with Crippen LogP contribution in [0.5, 0.6) is 0 Å². The number of aryl methyl sites for hydroxylation is 2. The second-order valence-electron chi connectivity index (χ2n) is 6.12. The summed E-state index contributed by atoms with van der Waals surface area (Å²) in [6, 6.07) is 2.02. The van der Waals surface area contributed by atoms with Gasteiger partial charge in [0.15, 0.2) is 0 Å². The number of imidazole rings is 1. The van der Waals surface area contributed by atoms with Crippen LogP contribution in [0.25, 0.3) is 0 Å². The van der Waals surface area contributed by atoms with Crippen molar-refractivity contribution in [2.24, 2.45) is 0 Å². The summed E-state index contributed by atoms with van der Waals surface area (Å²) in [4.78, 5) is 27.5. The number of aromatic nitrogens is 4. The Hall–Kier alpha value is -2.44. The molecule has 2 aromatic rings. The van der Waals surface area contributed by atoms with E-state index in [2.05, 4.69) is 20.3 Å². The van der Waals surface area contributed by atoms with Crippen LogP contribution in [0.3, 0.4) is 0 Å². The number of amides is 1. The number of carbonyl (C=O) groups excluding carboxylic acids is 1. The lowest BCUT2D eigenvalue weighted by molar-refractivity contribution is -0.132. The van der Waals surface area contributed by atoms with Gasteiger partial charge in [-0.05, 0) is 26.2 Å². The minimum absolute atomic E-state index is 0.0690. The number of nitrogens with zero attached hydrogens (tertiary/aromatic N) is 5. The Bertz CT molecular complexity index is 684. The smallest absolute Gasteiger partial charge is 0.223 e. The van der Waals surface area contributed by atoms with Crippen LogP contribution in [0.1, 0.15) is 43.2 Å². The molecule has 128 valence electrons. The van der Waals surface area contributed by atoms with Gasteiger partial charge >= 0.3 is 0 Å². The number of nitrogens with one attached hydrogen (secondary N) is 1. The molecule has 0 aliphatic carbocycles. The van der Waals surface area contributed by atoms with E-state index < -0.39 is 0 Å². The summed E-state index contributed by atoms with van der Waals surface area (Å²) < 4.78 is 2.00. The summed E-state index contributed by atoms with van der Waals surface area (Å²) in [5.41, 5.74) is 0.937. The van der Waals surface area contributed by atoms with Gasteiger partial charge in [-0.1, -0.05) is 0 Å². The largest absolute Gasteiger partial charge is 0.373 e. The Kier molecular flexibility index (Phi) is 5.08. The summed E-state index contributed by atoms with van der Waals surface area (Å²) in [5, 5.41) is 3.06. The number of likely N-dealkylation sites (tertiary alicyclic amines) is 1. The molecule has 0 radical (unpaired) electrons. The highest BCUT2D eigenvalue weighted by Crippen LogP contribution is 2.32. The first kappa shape index (κ1) is 16.4. The van der Waals surface area contributed by atoms with E-state index in [1.54, 1.807) is 12.5 Å². The van der Waals surface area contributed by atoms with Gasteiger partial charge < -0.3 is 14.8 Å². The standard InChI is InChI=1S/C17H24N6O/c1-13-20-14(11-16(18-2)21-13)15-5-3-9-23(15)17(24)6-4-8-22-10-7-19-12-22/h7,10-12,15H,3-6,8-9H2,1-2H3,(H,18,20,21). The van der Waals surface area contributed by atoms with Crippen molar-refractivity contribution in [3.05, 3.63) is 36.3 Å². The minimum Gasteiger partial charge on any atom is -0.373 e. The van der Waals surface area contributed by atoms with E-state index in [1.165, 1.54) is 0 Å². The molecule has 1 unspecified atom stereocenters. The van der Waals surface area contributed by atoms with Crippen LogP contribution in [-0.2, 0) is 11.3 Å². The second kappa shape index (κ2) is 7.42. The van der Waals surface area contributed by atoms with Gasteiger partial charge in [0.1, 0.15) is 11.6 Å². The number of carbonyl (C=O) groups is 1. The lowest BCUT2D eigenvalue weighted by atomic mass is 10.1. The van der Waals surface area contributed by atoms with Crippen LogP contribution in [-0.4, -0.2) is 43.9 Å². The molecule has 7 nitrogen and oxygen atoms in total. The fraction of sp³-hybridized carbons (Fsp3) is 0.529. The predicted molar refractivity (Wildman–Crippen MR) is 91.5 cm³/mol. The fourth-order valence-corrected chi connectivity index (χ4v) is 3.24. The third kappa shape index (κ3) is 3.72. The summed E-state index contributed by atoms with van der Waals surface area (Å²) in [5.74, 6) is 1.74. The number of anilines is 1. The van der Waals surface area contributed by atoms with Gasteiger partial charge in [0.05, 0.1) is 18.1 Å². The lowest BCUT2D eigenvalue weighted by Gasteiger charge is -2.25. The molecule has 1 amide bonds. The van der Waals surface area contributed by atoms with E-state index in [4.69, 9.17) is 0 Å². The molecule has 0 saturated carbocycles. The van der Waals surface area contributed by atoms with E-state index >= 15 is 0 Å². The Balaban J connectivity index is 1.64. The van der Waals surface area contributed by atoms with Crippen molar-refractivity contribution in [2.45, 2.75) is 45.2 Å². The van der Waals surface area contributed by atoms with Crippen LogP contribution in [0, 0.1) is 6.92 Å². The average molecular weight is 328 g/mol. The van der Waals surface area contributed by atoms with Crippen molar-refractivity contribution in [1.82, 2.24) is 24.4 Å². The maximum atomic E-state index is 12.6. The van der Waals surface area contributed by atoms with Gasteiger partial charge in [-0.2, -0.15) is 0 Å². The summed E-state index contributed by atoms with van der Waals surface area (Å²) in [6.07, 6.45) is 8.83. The quantitative estimate of drug-likeness (QED) is 0.879. The zero-order chi connectivity index (χ0) is 16.9. The Morgan fingerprint density at radius 2 is 2.29 bits per heavy atom. The van der Waals surface area contributed by atoms with E-state index in [-0.39, 0.29) is 11.9 Å². The van der Waals surface area contributed by atoms with Gasteiger partial charge in [-0.3, -0.25) is 4.79 Å². The Morgan fingerprint density at radius 3 is 3.04 bits per heavy atom. The first-order valence-electron chi connectivity index (χ1n) is 8.46. The van der Waals surface area contributed by atoms with Crippen molar-refractivity contribution in [1.29, 1.82) is 0 Å². The Labute approximate surface area is 142 Å². The molecule has 3 rings (SSSR count). The Morgan fingerprint density at radius 1 is 1.42 bits per heavy atom. The van der Waals surface area contributed by atoms with Gasteiger partial charge in [0.25, 0.3) is 0 Å². The van der Waals surface area contributed by atoms with Gasteiger partial charge in [-0.25, -0.2) is 15.0 Å². The molecule has 0 spiro atoms. The third-order valence-electron chi connectivity index (χ3n) is 4.39. The van der Waals surface area contributed by atoms with Crippen LogP contribution in [0.4, 0.5) is 5.82 Å². The highest BCUT2D eigenvalue weighted by atomic mass is 16.2. The van der Waals surface area contributed by atoms with Crippen molar-refractivity contribution in [3.8, 4) is 0 Å². The van der Waals surface area contributed by atoms with Gasteiger partial charge in [0, 0.05) is 45.0 Å². The molecule has 0 bridgehead atoms. The molecule has 24 heavy (non-hydrogen) atoms. The summed E-state index contributed by atoms with van der Waals surface area (Å²) in [6.45, 7) is 3.52. The topological polar surface area (TPSA) is 75.9 Å².